The lowest BCUT2D eigenvalue weighted by atomic mass is 9.85. The number of rotatable bonds is 5. The molecule has 0 N–H and O–H groups in total. The third-order valence-electron chi connectivity index (χ3n) is 3.50. The summed E-state index contributed by atoms with van der Waals surface area (Å²) in [5, 5.41) is 0. The van der Waals surface area contributed by atoms with Crippen molar-refractivity contribution in [3.8, 4) is 0 Å². The monoisotopic (exact) mass is 232 g/mol. The molecule has 0 bridgehead atoms. The van der Waals surface area contributed by atoms with E-state index in [4.69, 9.17) is 0 Å². The number of hydrogen-bond donors (Lipinski definition) is 0. The van der Waals surface area contributed by atoms with Gasteiger partial charge in [-0.1, -0.05) is 12.5 Å². The quantitative estimate of drug-likeness (QED) is 0.780. The molecule has 1 aliphatic rings. The number of carbonyl (C=O) groups excluding carboxylic acids is 1. The number of carbonyl (C=O) groups is 1. The minimum absolute atomic E-state index is 0.238. The lowest BCUT2D eigenvalue weighted by Crippen LogP contribution is -2.34. The van der Waals surface area contributed by atoms with Gasteiger partial charge in [0.25, 0.3) is 0 Å². The van der Waals surface area contributed by atoms with Crippen LogP contribution in [-0.2, 0) is 11.2 Å². The molecule has 0 aliphatic heterocycles. The van der Waals surface area contributed by atoms with Gasteiger partial charge in [-0.25, -0.2) is 0 Å². The first-order valence-electron chi connectivity index (χ1n) is 6.39. The fourth-order valence-electron chi connectivity index (χ4n) is 2.14. The first-order valence-corrected chi connectivity index (χ1v) is 6.39. The number of nitrogens with zero attached hydrogens (tertiary/aromatic N) is 2. The van der Waals surface area contributed by atoms with Crippen LogP contribution in [0.25, 0.3) is 0 Å². The number of amides is 1. The van der Waals surface area contributed by atoms with Crippen molar-refractivity contribution in [2.45, 2.75) is 32.1 Å². The Hall–Kier alpha value is -1.38. The maximum Gasteiger partial charge on any atom is 0.222 e. The summed E-state index contributed by atoms with van der Waals surface area (Å²) in [4.78, 5) is 18.0. The Morgan fingerprint density at radius 1 is 1.47 bits per heavy atom. The van der Waals surface area contributed by atoms with E-state index < -0.39 is 0 Å². The molecule has 0 radical (unpaired) electrons. The number of hydrogen-bond acceptors (Lipinski definition) is 2. The smallest absolute Gasteiger partial charge is 0.222 e. The van der Waals surface area contributed by atoms with E-state index >= 15 is 0 Å². The van der Waals surface area contributed by atoms with E-state index in [2.05, 4.69) is 4.98 Å². The van der Waals surface area contributed by atoms with Gasteiger partial charge in [-0.3, -0.25) is 9.78 Å². The second-order valence-electron chi connectivity index (χ2n) is 4.89. The molecule has 0 aromatic carbocycles. The minimum Gasteiger partial charge on any atom is -0.345 e. The van der Waals surface area contributed by atoms with Crippen LogP contribution in [0.15, 0.2) is 24.4 Å². The summed E-state index contributed by atoms with van der Waals surface area (Å²) in [6.45, 7) is 0.932. The first-order chi connectivity index (χ1) is 8.25. The molecule has 1 fully saturated rings. The van der Waals surface area contributed by atoms with Crippen molar-refractivity contribution in [1.29, 1.82) is 0 Å². The van der Waals surface area contributed by atoms with Crippen LogP contribution in [0, 0.1) is 5.92 Å². The summed E-state index contributed by atoms with van der Waals surface area (Å²) in [6.07, 6.45) is 7.00. The molecule has 1 heterocycles. The molecular weight excluding hydrogens is 212 g/mol. The topological polar surface area (TPSA) is 33.2 Å². The Labute approximate surface area is 103 Å². The Morgan fingerprint density at radius 3 is 2.88 bits per heavy atom. The number of aryl methyl sites for hydroxylation is 1. The van der Waals surface area contributed by atoms with Crippen LogP contribution in [-0.4, -0.2) is 29.4 Å². The van der Waals surface area contributed by atoms with Crippen molar-refractivity contribution in [3.05, 3.63) is 30.1 Å². The van der Waals surface area contributed by atoms with E-state index in [9.17, 15) is 4.79 Å². The average molecular weight is 232 g/mol. The SMILES string of the molecule is CN(CC1CCC1)C(=O)CCc1ccccn1. The zero-order chi connectivity index (χ0) is 12.1. The molecule has 17 heavy (non-hydrogen) atoms. The predicted octanol–water partition coefficient (Wildman–Crippen LogP) is 2.27. The third kappa shape index (κ3) is 3.55. The summed E-state index contributed by atoms with van der Waals surface area (Å²) < 4.78 is 0. The van der Waals surface area contributed by atoms with E-state index in [1.807, 2.05) is 30.1 Å². The Kier molecular flexibility index (Phi) is 4.13. The van der Waals surface area contributed by atoms with E-state index in [-0.39, 0.29) is 5.91 Å². The Morgan fingerprint density at radius 2 is 2.29 bits per heavy atom. The van der Waals surface area contributed by atoms with Crippen LogP contribution in [0.5, 0.6) is 0 Å². The van der Waals surface area contributed by atoms with E-state index in [0.29, 0.717) is 6.42 Å². The maximum atomic E-state index is 11.9. The summed E-state index contributed by atoms with van der Waals surface area (Å²) in [7, 11) is 1.92. The van der Waals surface area contributed by atoms with Crippen LogP contribution < -0.4 is 0 Å². The highest BCUT2D eigenvalue weighted by atomic mass is 16.2. The molecule has 92 valence electrons. The lowest BCUT2D eigenvalue weighted by Gasteiger charge is -2.30. The van der Waals surface area contributed by atoms with Crippen molar-refractivity contribution >= 4 is 5.91 Å². The number of aromatic nitrogens is 1. The molecule has 1 saturated carbocycles. The van der Waals surface area contributed by atoms with Gasteiger partial charge in [0, 0.05) is 31.9 Å². The molecule has 1 aliphatic carbocycles. The van der Waals surface area contributed by atoms with Crippen molar-refractivity contribution in [2.24, 2.45) is 5.92 Å². The van der Waals surface area contributed by atoms with Gasteiger partial charge in [-0.05, 0) is 37.3 Å². The zero-order valence-electron chi connectivity index (χ0n) is 10.4. The van der Waals surface area contributed by atoms with Crippen molar-refractivity contribution in [2.75, 3.05) is 13.6 Å². The standard InChI is InChI=1S/C14H20N2O/c1-16(11-12-5-4-6-12)14(17)9-8-13-7-2-3-10-15-13/h2-3,7,10,12H,4-6,8-9,11H2,1H3. The Balaban J connectivity index is 1.72. The molecule has 1 aromatic rings. The van der Waals surface area contributed by atoms with Gasteiger partial charge in [0.05, 0.1) is 0 Å². The van der Waals surface area contributed by atoms with Crippen molar-refractivity contribution < 1.29 is 4.79 Å². The van der Waals surface area contributed by atoms with Gasteiger partial charge >= 0.3 is 0 Å². The van der Waals surface area contributed by atoms with Crippen molar-refractivity contribution in [3.63, 3.8) is 0 Å². The van der Waals surface area contributed by atoms with Crippen LogP contribution in [0.4, 0.5) is 0 Å². The first kappa shape index (κ1) is 12.1. The van der Waals surface area contributed by atoms with Crippen LogP contribution in [0.3, 0.4) is 0 Å². The molecule has 2 rings (SSSR count). The largest absolute Gasteiger partial charge is 0.345 e. The molecule has 3 nitrogen and oxygen atoms in total. The second kappa shape index (κ2) is 5.80. The fourth-order valence-corrected chi connectivity index (χ4v) is 2.14. The highest BCUT2D eigenvalue weighted by molar-refractivity contribution is 5.76. The zero-order valence-corrected chi connectivity index (χ0v) is 10.4. The maximum absolute atomic E-state index is 11.9. The minimum atomic E-state index is 0.238. The van der Waals surface area contributed by atoms with Gasteiger partial charge in [-0.15, -0.1) is 0 Å². The molecular formula is C14H20N2O. The molecule has 1 amide bonds. The summed E-state index contributed by atoms with van der Waals surface area (Å²) >= 11 is 0. The summed E-state index contributed by atoms with van der Waals surface area (Å²) in [6, 6.07) is 5.83. The Bertz CT molecular complexity index is 360. The van der Waals surface area contributed by atoms with E-state index in [1.165, 1.54) is 19.3 Å². The van der Waals surface area contributed by atoms with Crippen LogP contribution in [0.2, 0.25) is 0 Å². The molecule has 1 aromatic heterocycles. The molecule has 0 atom stereocenters. The summed E-state index contributed by atoms with van der Waals surface area (Å²) in [5.74, 6) is 0.987. The van der Waals surface area contributed by atoms with E-state index in [0.717, 1.165) is 24.6 Å². The second-order valence-corrected chi connectivity index (χ2v) is 4.89. The van der Waals surface area contributed by atoms with Gasteiger partial charge < -0.3 is 4.90 Å². The highest BCUT2D eigenvalue weighted by Gasteiger charge is 2.21. The fraction of sp³-hybridized carbons (Fsp3) is 0.571. The van der Waals surface area contributed by atoms with Crippen LogP contribution >= 0.6 is 0 Å². The normalized spacial score (nSPS) is 15.4. The predicted molar refractivity (Wildman–Crippen MR) is 67.5 cm³/mol. The van der Waals surface area contributed by atoms with Gasteiger partial charge in [0.1, 0.15) is 0 Å². The highest BCUT2D eigenvalue weighted by Crippen LogP contribution is 2.26. The third-order valence-corrected chi connectivity index (χ3v) is 3.50. The number of pyridine rings is 1. The average Bonchev–Trinajstić information content (AvgIpc) is 2.32. The van der Waals surface area contributed by atoms with Crippen LogP contribution in [0.1, 0.15) is 31.4 Å². The molecule has 0 saturated heterocycles. The molecule has 3 heteroatoms. The molecule has 0 unspecified atom stereocenters. The van der Waals surface area contributed by atoms with Gasteiger partial charge in [0.15, 0.2) is 0 Å². The molecule has 0 spiro atoms. The van der Waals surface area contributed by atoms with E-state index in [1.54, 1.807) is 6.20 Å². The van der Waals surface area contributed by atoms with Crippen molar-refractivity contribution in [1.82, 2.24) is 9.88 Å². The summed E-state index contributed by atoms with van der Waals surface area (Å²) in [5.41, 5.74) is 0.998. The van der Waals surface area contributed by atoms with Gasteiger partial charge in [0.2, 0.25) is 5.91 Å². The van der Waals surface area contributed by atoms with Gasteiger partial charge in [-0.2, -0.15) is 0 Å². The lowest BCUT2D eigenvalue weighted by molar-refractivity contribution is -0.130.